The lowest BCUT2D eigenvalue weighted by Gasteiger charge is -2.33. The van der Waals surface area contributed by atoms with Gasteiger partial charge in [-0.15, -0.1) is 0 Å². The Morgan fingerprint density at radius 1 is 0.875 bits per heavy atom. The van der Waals surface area contributed by atoms with Gasteiger partial charge in [-0.05, 0) is 55.0 Å². The van der Waals surface area contributed by atoms with Gasteiger partial charge in [-0.3, -0.25) is 0 Å². The zero-order valence-corrected chi connectivity index (χ0v) is 19.8. The van der Waals surface area contributed by atoms with E-state index in [4.69, 9.17) is 9.51 Å². The van der Waals surface area contributed by atoms with E-state index in [1.807, 2.05) is 12.1 Å². The standard InChI is InChI=1S/C26H35N5O/c1-26(2,3)21-14-12-20(13-15-21)8-5-6-11-24-28-25(29-32-24)22-9-7-10-23(27-22)31-18-16-30(4)17-19-31/h7,9-10,12-15H,5-6,8,11,16-19H2,1-4H3. The smallest absolute Gasteiger partial charge is 0.227 e. The van der Waals surface area contributed by atoms with Crippen LogP contribution in [0.25, 0.3) is 11.5 Å². The van der Waals surface area contributed by atoms with Crippen molar-refractivity contribution >= 4 is 5.82 Å². The van der Waals surface area contributed by atoms with Gasteiger partial charge in [0.2, 0.25) is 11.7 Å². The number of rotatable bonds is 7. The first-order chi connectivity index (χ1) is 15.4. The van der Waals surface area contributed by atoms with Gasteiger partial charge in [0.1, 0.15) is 11.5 Å². The number of nitrogens with zero attached hydrogens (tertiary/aromatic N) is 5. The fraction of sp³-hybridized carbons (Fsp3) is 0.500. The van der Waals surface area contributed by atoms with Crippen LogP contribution in [-0.2, 0) is 18.3 Å². The predicted molar refractivity (Wildman–Crippen MR) is 129 cm³/mol. The van der Waals surface area contributed by atoms with Crippen LogP contribution in [0.15, 0.2) is 47.0 Å². The number of aryl methyl sites for hydroxylation is 2. The molecule has 0 saturated carbocycles. The zero-order chi connectivity index (χ0) is 22.6. The van der Waals surface area contributed by atoms with Gasteiger partial charge in [-0.1, -0.05) is 56.3 Å². The van der Waals surface area contributed by atoms with Crippen molar-refractivity contribution < 1.29 is 4.52 Å². The van der Waals surface area contributed by atoms with Crippen LogP contribution in [0.3, 0.4) is 0 Å². The molecule has 0 aliphatic carbocycles. The lowest BCUT2D eigenvalue weighted by Crippen LogP contribution is -2.44. The van der Waals surface area contributed by atoms with Gasteiger partial charge >= 0.3 is 0 Å². The van der Waals surface area contributed by atoms with Crippen molar-refractivity contribution in [3.63, 3.8) is 0 Å². The Labute approximate surface area is 191 Å². The molecule has 6 heteroatoms. The van der Waals surface area contributed by atoms with Crippen molar-refractivity contribution in [1.82, 2.24) is 20.0 Å². The van der Waals surface area contributed by atoms with Crippen molar-refractivity contribution in [2.75, 3.05) is 38.1 Å². The average molecular weight is 434 g/mol. The first kappa shape index (κ1) is 22.5. The summed E-state index contributed by atoms with van der Waals surface area (Å²) < 4.78 is 5.50. The third kappa shape index (κ3) is 5.74. The number of piperazine rings is 1. The number of anilines is 1. The van der Waals surface area contributed by atoms with Crippen LogP contribution in [0.1, 0.15) is 50.6 Å². The van der Waals surface area contributed by atoms with E-state index in [0.717, 1.165) is 63.4 Å². The highest BCUT2D eigenvalue weighted by molar-refractivity contribution is 5.53. The minimum Gasteiger partial charge on any atom is -0.354 e. The molecule has 2 aromatic heterocycles. The summed E-state index contributed by atoms with van der Waals surface area (Å²) in [5, 5.41) is 4.18. The van der Waals surface area contributed by atoms with E-state index in [9.17, 15) is 0 Å². The maximum atomic E-state index is 5.50. The Bertz CT molecular complexity index is 998. The molecule has 170 valence electrons. The van der Waals surface area contributed by atoms with Crippen molar-refractivity contribution in [2.24, 2.45) is 0 Å². The molecule has 1 fully saturated rings. The zero-order valence-electron chi connectivity index (χ0n) is 19.8. The van der Waals surface area contributed by atoms with Gasteiger partial charge in [0.05, 0.1) is 0 Å². The largest absolute Gasteiger partial charge is 0.354 e. The Morgan fingerprint density at radius 3 is 2.31 bits per heavy atom. The van der Waals surface area contributed by atoms with E-state index < -0.39 is 0 Å². The Kier molecular flexibility index (Phi) is 6.89. The topological polar surface area (TPSA) is 58.3 Å². The molecule has 0 amide bonds. The van der Waals surface area contributed by atoms with Crippen LogP contribution in [0.5, 0.6) is 0 Å². The van der Waals surface area contributed by atoms with Gasteiger partial charge < -0.3 is 14.3 Å². The van der Waals surface area contributed by atoms with Crippen molar-refractivity contribution in [3.05, 3.63) is 59.5 Å². The van der Waals surface area contributed by atoms with Gasteiger partial charge in [0, 0.05) is 32.6 Å². The molecule has 1 aromatic carbocycles. The van der Waals surface area contributed by atoms with Crippen molar-refractivity contribution in [3.8, 4) is 11.5 Å². The molecule has 0 bridgehead atoms. The summed E-state index contributed by atoms with van der Waals surface area (Å²) in [7, 11) is 2.16. The van der Waals surface area contributed by atoms with E-state index in [1.165, 1.54) is 11.1 Å². The molecule has 1 aliphatic rings. The highest BCUT2D eigenvalue weighted by Crippen LogP contribution is 2.23. The third-order valence-corrected chi connectivity index (χ3v) is 6.18. The molecular weight excluding hydrogens is 398 g/mol. The number of pyridine rings is 1. The summed E-state index contributed by atoms with van der Waals surface area (Å²) in [5.41, 5.74) is 3.74. The second-order valence-electron chi connectivity index (χ2n) is 9.84. The first-order valence-electron chi connectivity index (χ1n) is 11.7. The average Bonchev–Trinajstić information content (AvgIpc) is 3.26. The molecule has 1 saturated heterocycles. The maximum Gasteiger partial charge on any atom is 0.227 e. The molecule has 0 atom stereocenters. The number of hydrogen-bond acceptors (Lipinski definition) is 6. The fourth-order valence-electron chi connectivity index (χ4n) is 4.00. The molecule has 0 N–H and O–H groups in total. The molecular formula is C26H35N5O. The van der Waals surface area contributed by atoms with E-state index in [-0.39, 0.29) is 5.41 Å². The Balaban J connectivity index is 1.28. The molecule has 4 rings (SSSR count). The normalized spacial score (nSPS) is 15.3. The van der Waals surface area contributed by atoms with Gasteiger partial charge in [0.15, 0.2) is 0 Å². The number of aromatic nitrogens is 3. The summed E-state index contributed by atoms with van der Waals surface area (Å²) >= 11 is 0. The Hall–Kier alpha value is -2.73. The van der Waals surface area contributed by atoms with Gasteiger partial charge in [-0.25, -0.2) is 4.98 Å². The fourth-order valence-corrected chi connectivity index (χ4v) is 4.00. The summed E-state index contributed by atoms with van der Waals surface area (Å²) in [6, 6.07) is 15.1. The van der Waals surface area contributed by atoms with Crippen LogP contribution >= 0.6 is 0 Å². The monoisotopic (exact) mass is 433 g/mol. The predicted octanol–water partition coefficient (Wildman–Crippen LogP) is 4.75. The number of hydrogen-bond donors (Lipinski definition) is 0. The van der Waals surface area contributed by atoms with E-state index in [1.54, 1.807) is 0 Å². The highest BCUT2D eigenvalue weighted by Gasteiger charge is 2.17. The maximum absolute atomic E-state index is 5.50. The first-order valence-corrected chi connectivity index (χ1v) is 11.7. The molecule has 0 unspecified atom stereocenters. The summed E-state index contributed by atoms with van der Waals surface area (Å²) in [6.07, 6.45) is 3.99. The second-order valence-corrected chi connectivity index (χ2v) is 9.84. The summed E-state index contributed by atoms with van der Waals surface area (Å²) in [5.74, 6) is 2.25. The second kappa shape index (κ2) is 9.82. The minimum atomic E-state index is 0.201. The van der Waals surface area contributed by atoms with Gasteiger partial charge in [-0.2, -0.15) is 4.98 Å². The number of unbranched alkanes of at least 4 members (excludes halogenated alkanes) is 1. The van der Waals surface area contributed by atoms with Gasteiger partial charge in [0.25, 0.3) is 0 Å². The van der Waals surface area contributed by atoms with Crippen LogP contribution < -0.4 is 4.90 Å². The molecule has 3 aromatic rings. The third-order valence-electron chi connectivity index (χ3n) is 6.18. The summed E-state index contributed by atoms with van der Waals surface area (Å²) in [6.45, 7) is 10.8. The lowest BCUT2D eigenvalue weighted by molar-refractivity contribution is 0.312. The van der Waals surface area contributed by atoms with Crippen molar-refractivity contribution in [1.29, 1.82) is 0 Å². The molecule has 3 heterocycles. The van der Waals surface area contributed by atoms with E-state index >= 15 is 0 Å². The number of likely N-dealkylation sites (N-methyl/N-ethyl adjacent to an activating group) is 1. The van der Waals surface area contributed by atoms with Crippen LogP contribution in [0, 0.1) is 0 Å². The Morgan fingerprint density at radius 2 is 1.59 bits per heavy atom. The van der Waals surface area contributed by atoms with E-state index in [2.05, 4.69) is 78.1 Å². The van der Waals surface area contributed by atoms with Crippen LogP contribution in [0.2, 0.25) is 0 Å². The van der Waals surface area contributed by atoms with Crippen LogP contribution in [-0.4, -0.2) is 53.3 Å². The van der Waals surface area contributed by atoms with Crippen molar-refractivity contribution in [2.45, 2.75) is 51.9 Å². The molecule has 32 heavy (non-hydrogen) atoms. The molecule has 6 nitrogen and oxygen atoms in total. The lowest BCUT2D eigenvalue weighted by atomic mass is 9.86. The summed E-state index contributed by atoms with van der Waals surface area (Å²) in [4.78, 5) is 14.0. The molecule has 0 radical (unpaired) electrons. The molecule has 1 aliphatic heterocycles. The quantitative estimate of drug-likeness (QED) is 0.501. The van der Waals surface area contributed by atoms with Crippen LogP contribution in [0.4, 0.5) is 5.82 Å². The SMILES string of the molecule is CN1CCN(c2cccc(-c3noc(CCCCc4ccc(C(C)(C)C)cc4)n3)n2)CC1. The molecule has 0 spiro atoms. The van der Waals surface area contributed by atoms with E-state index in [0.29, 0.717) is 11.7 Å². The minimum absolute atomic E-state index is 0.201. The highest BCUT2D eigenvalue weighted by atomic mass is 16.5. The number of benzene rings is 1.